The van der Waals surface area contributed by atoms with Gasteiger partial charge in [-0.2, -0.15) is 22.7 Å². The van der Waals surface area contributed by atoms with Crippen LogP contribution >= 0.6 is 22.7 Å². The van der Waals surface area contributed by atoms with E-state index in [4.69, 9.17) is 0 Å². The monoisotopic (exact) mass is 406 g/mol. The topological polar surface area (TPSA) is 80.8 Å². The van der Waals surface area contributed by atoms with Crippen LogP contribution in [0.25, 0.3) is 0 Å². The molecule has 0 fully saturated rings. The number of hydrogen-bond donors (Lipinski definition) is 0. The molecule has 0 unspecified atom stereocenters. The SMILES string of the molecule is CCCCN1C(=O)c2cscc2C1=O.O=C1OC(=O)c2cscc21.[2HH].[H-].[K+]. The molecule has 6 nitrogen and oxygen atoms in total. The number of fused-ring (bicyclic) bond motifs is 2. The van der Waals surface area contributed by atoms with Crippen molar-refractivity contribution in [1.82, 2.24) is 4.90 Å². The van der Waals surface area contributed by atoms with Crippen molar-refractivity contribution in [3.63, 3.8) is 0 Å². The number of unbranched alkanes of at least 4 members (excludes halogenated alkanes) is 1. The minimum Gasteiger partial charge on any atom is -1.00 e. The van der Waals surface area contributed by atoms with Crippen molar-refractivity contribution in [3.05, 3.63) is 43.8 Å². The van der Waals surface area contributed by atoms with E-state index in [9.17, 15) is 19.2 Å². The van der Waals surface area contributed by atoms with Gasteiger partial charge in [-0.15, -0.1) is 0 Å². The third-order valence-corrected chi connectivity index (χ3v) is 5.12. The van der Waals surface area contributed by atoms with Crippen molar-refractivity contribution in [2.45, 2.75) is 19.8 Å². The molecule has 2 aromatic heterocycles. The average Bonchev–Trinajstić information content (AvgIpc) is 3.30. The number of imide groups is 1. The second-order valence-corrected chi connectivity index (χ2v) is 6.68. The molecule has 2 aliphatic rings. The number of thiophene rings is 2. The van der Waals surface area contributed by atoms with E-state index in [1.165, 1.54) is 27.6 Å². The quantitative estimate of drug-likeness (QED) is 0.322. The van der Waals surface area contributed by atoms with Crippen molar-refractivity contribution in [2.75, 3.05) is 6.54 Å². The van der Waals surface area contributed by atoms with Gasteiger partial charge >= 0.3 is 63.3 Å². The van der Waals surface area contributed by atoms with Gasteiger partial charge in [0, 0.05) is 29.5 Å². The molecule has 2 amide bonds. The first-order valence-electron chi connectivity index (χ1n) is 7.29. The Hall–Kier alpha value is -0.684. The second kappa shape index (κ2) is 8.80. The van der Waals surface area contributed by atoms with E-state index in [2.05, 4.69) is 4.74 Å². The largest absolute Gasteiger partial charge is 1.00 e. The van der Waals surface area contributed by atoms with Crippen LogP contribution in [0.4, 0.5) is 0 Å². The maximum absolute atomic E-state index is 11.7. The summed E-state index contributed by atoms with van der Waals surface area (Å²) in [4.78, 5) is 46.1. The third-order valence-electron chi connectivity index (χ3n) is 3.64. The summed E-state index contributed by atoms with van der Waals surface area (Å²) >= 11 is 2.73. The molecule has 2 aliphatic heterocycles. The van der Waals surface area contributed by atoms with Gasteiger partial charge in [0.2, 0.25) is 0 Å². The zero-order chi connectivity index (χ0) is 17.3. The molecule has 0 saturated carbocycles. The van der Waals surface area contributed by atoms with Crippen molar-refractivity contribution in [2.24, 2.45) is 0 Å². The number of ether oxygens (including phenoxy) is 1. The van der Waals surface area contributed by atoms with E-state index in [-0.39, 0.29) is 66.1 Å². The molecular weight excluding hydrogens is 389 g/mol. The molecule has 0 saturated heterocycles. The first kappa shape index (κ1) is 20.6. The number of carbonyl (C=O) groups is 4. The van der Waals surface area contributed by atoms with Crippen LogP contribution in [0.5, 0.6) is 0 Å². The third kappa shape index (κ3) is 4.02. The molecule has 0 aromatic carbocycles. The molecule has 9 heteroatoms. The fourth-order valence-corrected chi connectivity index (χ4v) is 3.92. The Morgan fingerprint density at radius 2 is 1.36 bits per heavy atom. The normalized spacial score (nSPS) is 14.5. The molecular formula is C16H16KNO5S2. The molecule has 0 spiro atoms. The van der Waals surface area contributed by atoms with Gasteiger partial charge in [-0.1, -0.05) is 13.3 Å². The summed E-state index contributed by atoms with van der Waals surface area (Å²) in [6.45, 7) is 2.59. The van der Waals surface area contributed by atoms with Crippen LogP contribution in [0.15, 0.2) is 21.5 Å². The molecule has 0 aliphatic carbocycles. The zero-order valence-corrected chi connectivity index (χ0v) is 18.5. The number of cyclic esters (lactones) is 2. The van der Waals surface area contributed by atoms with Crippen molar-refractivity contribution in [1.29, 1.82) is 0 Å². The van der Waals surface area contributed by atoms with Gasteiger partial charge in [0.25, 0.3) is 11.8 Å². The molecule has 0 radical (unpaired) electrons. The first-order chi connectivity index (χ1) is 11.5. The van der Waals surface area contributed by atoms with E-state index in [1.807, 2.05) is 6.92 Å². The van der Waals surface area contributed by atoms with E-state index >= 15 is 0 Å². The Bertz CT molecular complexity index is 792. The summed E-state index contributed by atoms with van der Waals surface area (Å²) in [7, 11) is 0. The minimum atomic E-state index is -0.527. The molecule has 2 aromatic rings. The summed E-state index contributed by atoms with van der Waals surface area (Å²) in [6, 6.07) is 0. The molecule has 25 heavy (non-hydrogen) atoms. The molecule has 0 atom stereocenters. The van der Waals surface area contributed by atoms with Crippen molar-refractivity contribution >= 4 is 46.4 Å². The standard InChI is InChI=1S/C10H11NO2S.C6H2O3S.K.H2.H/c1-2-3-4-11-9(12)7-5-14-6-8(7)10(11)13;7-5-3-1-10-2-4(3)6(8)9-5;;;/h5-6H,2-4H2,1H3;1-2H;;1H;/q;;+1;;-1/i;;;1+1;. The van der Waals surface area contributed by atoms with Crippen LogP contribution < -0.4 is 51.4 Å². The fourth-order valence-electron chi connectivity index (χ4n) is 2.34. The van der Waals surface area contributed by atoms with Crippen LogP contribution in [0, 0.1) is 0 Å². The molecule has 0 bridgehead atoms. The van der Waals surface area contributed by atoms with Crippen LogP contribution in [-0.4, -0.2) is 35.2 Å². The van der Waals surface area contributed by atoms with Crippen LogP contribution in [0.3, 0.4) is 0 Å². The second-order valence-electron chi connectivity index (χ2n) is 5.19. The average molecular weight is 407 g/mol. The van der Waals surface area contributed by atoms with Gasteiger partial charge in [-0.05, 0) is 6.42 Å². The van der Waals surface area contributed by atoms with Crippen molar-refractivity contribution in [3.8, 4) is 0 Å². The summed E-state index contributed by atoms with van der Waals surface area (Å²) < 4.78 is 4.30. The van der Waals surface area contributed by atoms with E-state index in [0.717, 1.165) is 12.8 Å². The summed E-state index contributed by atoms with van der Waals surface area (Å²) in [5.74, 6) is -1.30. The van der Waals surface area contributed by atoms with E-state index in [1.54, 1.807) is 21.5 Å². The Morgan fingerprint density at radius 3 is 1.80 bits per heavy atom. The minimum absolute atomic E-state index is 0. The zero-order valence-electron chi connectivity index (χ0n) is 14.7. The predicted octanol–water partition coefficient (Wildman–Crippen LogP) is 0.565. The van der Waals surface area contributed by atoms with E-state index < -0.39 is 11.9 Å². The van der Waals surface area contributed by atoms with Gasteiger partial charge in [-0.3, -0.25) is 14.5 Å². The summed E-state index contributed by atoms with van der Waals surface area (Å²) in [5.41, 5.74) is 1.96. The Labute approximate surface area is 197 Å². The van der Waals surface area contributed by atoms with Gasteiger partial charge in [-0.25, -0.2) is 9.59 Å². The van der Waals surface area contributed by atoms with Crippen LogP contribution in [0.1, 0.15) is 64.1 Å². The Balaban J connectivity index is 0.000000468. The van der Waals surface area contributed by atoms with Gasteiger partial charge in [0.05, 0.1) is 22.3 Å². The Kier molecular flexibility index (Phi) is 7.26. The maximum Gasteiger partial charge on any atom is 1.00 e. The van der Waals surface area contributed by atoms with Gasteiger partial charge in [0.1, 0.15) is 0 Å². The Morgan fingerprint density at radius 1 is 0.920 bits per heavy atom. The number of hydrogen-bond acceptors (Lipinski definition) is 7. The van der Waals surface area contributed by atoms with Gasteiger partial charge in [0.15, 0.2) is 0 Å². The van der Waals surface area contributed by atoms with Crippen LogP contribution in [0.2, 0.25) is 0 Å². The maximum atomic E-state index is 11.7. The molecule has 128 valence electrons. The van der Waals surface area contributed by atoms with Gasteiger partial charge < -0.3 is 6.16 Å². The smallest absolute Gasteiger partial charge is 1.00 e. The van der Waals surface area contributed by atoms with E-state index in [0.29, 0.717) is 28.8 Å². The first-order valence-corrected chi connectivity index (χ1v) is 9.18. The number of amides is 2. The summed E-state index contributed by atoms with van der Waals surface area (Å²) in [6.07, 6.45) is 1.87. The number of esters is 2. The molecule has 0 N–H and O–H groups in total. The number of nitrogens with zero attached hydrogens (tertiary/aromatic N) is 1. The molecule has 4 heterocycles. The predicted molar refractivity (Wildman–Crippen MR) is 91.9 cm³/mol. The van der Waals surface area contributed by atoms with Crippen molar-refractivity contribution < 1.29 is 78.2 Å². The summed E-state index contributed by atoms with van der Waals surface area (Å²) in [5, 5.41) is 6.73. The number of carbonyl (C=O) groups excluding carboxylic acids is 4. The number of rotatable bonds is 3. The molecule has 4 rings (SSSR count). The fraction of sp³-hybridized carbons (Fsp3) is 0.250. The van der Waals surface area contributed by atoms with Crippen LogP contribution in [-0.2, 0) is 4.74 Å².